The first-order valence-electron chi connectivity index (χ1n) is 6.13. The molecular formula is C13H22O2. The lowest BCUT2D eigenvalue weighted by Gasteiger charge is -2.27. The molecular weight excluding hydrogens is 188 g/mol. The minimum absolute atomic E-state index is 0.308. The summed E-state index contributed by atoms with van der Waals surface area (Å²) < 4.78 is 0. The van der Waals surface area contributed by atoms with Gasteiger partial charge in [-0.15, -0.1) is 0 Å². The molecule has 0 heterocycles. The van der Waals surface area contributed by atoms with Crippen LogP contribution in [0.15, 0.2) is 0 Å². The summed E-state index contributed by atoms with van der Waals surface area (Å²) in [5.41, 5.74) is 0. The van der Waals surface area contributed by atoms with Gasteiger partial charge in [-0.05, 0) is 44.4 Å². The van der Waals surface area contributed by atoms with Gasteiger partial charge >= 0.3 is 0 Å². The van der Waals surface area contributed by atoms with Gasteiger partial charge in [0.15, 0.2) is 0 Å². The van der Waals surface area contributed by atoms with E-state index in [9.17, 15) is 9.59 Å². The molecule has 15 heavy (non-hydrogen) atoms. The van der Waals surface area contributed by atoms with E-state index in [1.165, 1.54) is 0 Å². The second kappa shape index (κ2) is 6.04. The molecule has 0 aromatic carbocycles. The van der Waals surface area contributed by atoms with Crippen molar-refractivity contribution in [2.45, 2.75) is 58.8 Å². The zero-order valence-corrected chi connectivity index (χ0v) is 9.92. The predicted molar refractivity (Wildman–Crippen MR) is 60.7 cm³/mol. The topological polar surface area (TPSA) is 34.1 Å². The summed E-state index contributed by atoms with van der Waals surface area (Å²) in [5, 5.41) is 0. The first-order valence-corrected chi connectivity index (χ1v) is 6.13. The largest absolute Gasteiger partial charge is 0.300 e. The first-order chi connectivity index (χ1) is 7.11. The van der Waals surface area contributed by atoms with Gasteiger partial charge in [0.1, 0.15) is 11.6 Å². The summed E-state index contributed by atoms with van der Waals surface area (Å²) in [7, 11) is 0. The molecule has 0 aromatic heterocycles. The van der Waals surface area contributed by atoms with E-state index < -0.39 is 0 Å². The monoisotopic (exact) mass is 210 g/mol. The maximum atomic E-state index is 11.3. The van der Waals surface area contributed by atoms with E-state index in [1.54, 1.807) is 6.92 Å². The summed E-state index contributed by atoms with van der Waals surface area (Å²) in [6, 6.07) is 0. The Morgan fingerprint density at radius 1 is 1.00 bits per heavy atom. The molecule has 0 radical (unpaired) electrons. The molecule has 1 fully saturated rings. The molecule has 0 bridgehead atoms. The zero-order chi connectivity index (χ0) is 11.3. The molecule has 2 nitrogen and oxygen atoms in total. The van der Waals surface area contributed by atoms with Crippen LogP contribution in [0.1, 0.15) is 58.8 Å². The third-order valence-electron chi connectivity index (χ3n) is 3.45. The number of hydrogen-bond donors (Lipinski definition) is 0. The van der Waals surface area contributed by atoms with Crippen LogP contribution in [0.4, 0.5) is 0 Å². The number of hydrogen-bond acceptors (Lipinski definition) is 2. The molecule has 0 N–H and O–H groups in total. The third-order valence-corrected chi connectivity index (χ3v) is 3.45. The second-order valence-electron chi connectivity index (χ2n) is 4.89. The average Bonchev–Trinajstić information content (AvgIpc) is 2.20. The number of carbonyl (C=O) groups is 2. The Morgan fingerprint density at radius 2 is 1.47 bits per heavy atom. The minimum atomic E-state index is 0.308. The molecule has 1 rings (SSSR count). The molecule has 1 aliphatic rings. The van der Waals surface area contributed by atoms with Crippen LogP contribution in [0.25, 0.3) is 0 Å². The summed E-state index contributed by atoms with van der Waals surface area (Å²) in [6.45, 7) is 3.61. The lowest BCUT2D eigenvalue weighted by atomic mass is 9.78. The van der Waals surface area contributed by atoms with Crippen LogP contribution < -0.4 is 0 Å². The van der Waals surface area contributed by atoms with Crippen LogP contribution in [0.5, 0.6) is 0 Å². The van der Waals surface area contributed by atoms with Gasteiger partial charge < -0.3 is 4.79 Å². The number of ketones is 2. The van der Waals surface area contributed by atoms with Gasteiger partial charge in [0.25, 0.3) is 0 Å². The highest BCUT2D eigenvalue weighted by atomic mass is 16.1. The average molecular weight is 210 g/mol. The molecule has 0 aliphatic heterocycles. The van der Waals surface area contributed by atoms with Crippen molar-refractivity contribution in [1.29, 1.82) is 0 Å². The van der Waals surface area contributed by atoms with Gasteiger partial charge in [0.2, 0.25) is 0 Å². The molecule has 0 aromatic rings. The quantitative estimate of drug-likeness (QED) is 0.698. The highest BCUT2D eigenvalue weighted by molar-refractivity contribution is 5.78. The zero-order valence-electron chi connectivity index (χ0n) is 9.92. The molecule has 2 heteroatoms. The standard InChI is InChI=1S/C13H22O2/c1-3-13(15)9-12-6-4-11(5-7-12)8-10(2)14/h11-12H,3-9H2,1-2H3. The van der Waals surface area contributed by atoms with Crippen LogP contribution in [0.3, 0.4) is 0 Å². The predicted octanol–water partition coefficient (Wildman–Crippen LogP) is 3.14. The Morgan fingerprint density at radius 3 is 1.87 bits per heavy atom. The number of rotatable bonds is 5. The third kappa shape index (κ3) is 4.59. The molecule has 1 aliphatic carbocycles. The van der Waals surface area contributed by atoms with E-state index in [1.807, 2.05) is 6.92 Å². The van der Waals surface area contributed by atoms with Gasteiger partial charge in [0, 0.05) is 19.3 Å². The molecule has 0 saturated heterocycles. The molecule has 86 valence electrons. The van der Waals surface area contributed by atoms with Gasteiger partial charge in [-0.25, -0.2) is 0 Å². The Labute approximate surface area is 92.4 Å². The van der Waals surface area contributed by atoms with Crippen molar-refractivity contribution in [3.05, 3.63) is 0 Å². The highest BCUT2D eigenvalue weighted by Gasteiger charge is 2.23. The summed E-state index contributed by atoms with van der Waals surface area (Å²) in [4.78, 5) is 22.2. The lowest BCUT2D eigenvalue weighted by molar-refractivity contribution is -0.121. The second-order valence-corrected chi connectivity index (χ2v) is 4.89. The maximum absolute atomic E-state index is 11.3. The summed E-state index contributed by atoms with van der Waals surface area (Å²) >= 11 is 0. The van der Waals surface area contributed by atoms with Crippen molar-refractivity contribution in [1.82, 2.24) is 0 Å². The van der Waals surface area contributed by atoms with E-state index in [0.717, 1.165) is 38.5 Å². The Hall–Kier alpha value is -0.660. The van der Waals surface area contributed by atoms with Crippen LogP contribution in [-0.2, 0) is 9.59 Å². The van der Waals surface area contributed by atoms with Gasteiger partial charge in [-0.3, -0.25) is 4.79 Å². The highest BCUT2D eigenvalue weighted by Crippen LogP contribution is 2.32. The van der Waals surface area contributed by atoms with E-state index in [-0.39, 0.29) is 0 Å². The lowest BCUT2D eigenvalue weighted by Crippen LogP contribution is -2.18. The van der Waals surface area contributed by atoms with Crippen molar-refractivity contribution < 1.29 is 9.59 Å². The van der Waals surface area contributed by atoms with Crippen LogP contribution in [-0.4, -0.2) is 11.6 Å². The van der Waals surface area contributed by atoms with Crippen LogP contribution in [0, 0.1) is 11.8 Å². The fourth-order valence-electron chi connectivity index (χ4n) is 2.51. The maximum Gasteiger partial charge on any atom is 0.132 e. The Kier molecular flexibility index (Phi) is 5.00. The number of carbonyl (C=O) groups excluding carboxylic acids is 2. The SMILES string of the molecule is CCC(=O)CC1CCC(CC(C)=O)CC1. The Balaban J connectivity index is 2.23. The fraction of sp³-hybridized carbons (Fsp3) is 0.846. The fourth-order valence-corrected chi connectivity index (χ4v) is 2.51. The van der Waals surface area contributed by atoms with E-state index in [0.29, 0.717) is 29.8 Å². The van der Waals surface area contributed by atoms with Crippen LogP contribution in [0.2, 0.25) is 0 Å². The van der Waals surface area contributed by atoms with Gasteiger partial charge in [-0.2, -0.15) is 0 Å². The molecule has 0 unspecified atom stereocenters. The summed E-state index contributed by atoms with van der Waals surface area (Å²) in [5.74, 6) is 1.89. The van der Waals surface area contributed by atoms with Crippen LogP contribution >= 0.6 is 0 Å². The smallest absolute Gasteiger partial charge is 0.132 e. The first kappa shape index (κ1) is 12.4. The van der Waals surface area contributed by atoms with Gasteiger partial charge in [-0.1, -0.05) is 6.92 Å². The van der Waals surface area contributed by atoms with E-state index in [2.05, 4.69) is 0 Å². The van der Waals surface area contributed by atoms with Crippen molar-refractivity contribution in [2.75, 3.05) is 0 Å². The summed E-state index contributed by atoms with van der Waals surface area (Å²) in [6.07, 6.45) is 6.75. The molecule has 0 amide bonds. The van der Waals surface area contributed by atoms with E-state index >= 15 is 0 Å². The molecule has 0 spiro atoms. The molecule has 1 saturated carbocycles. The van der Waals surface area contributed by atoms with Crippen molar-refractivity contribution in [3.8, 4) is 0 Å². The normalized spacial score (nSPS) is 26.3. The molecule has 0 atom stereocenters. The number of Topliss-reactive ketones (excluding diaryl/α,β-unsaturated/α-hetero) is 2. The Bertz CT molecular complexity index is 225. The minimum Gasteiger partial charge on any atom is -0.300 e. The van der Waals surface area contributed by atoms with Crippen molar-refractivity contribution >= 4 is 11.6 Å². The van der Waals surface area contributed by atoms with E-state index in [4.69, 9.17) is 0 Å². The van der Waals surface area contributed by atoms with Gasteiger partial charge in [0.05, 0.1) is 0 Å². The van der Waals surface area contributed by atoms with Crippen molar-refractivity contribution in [2.24, 2.45) is 11.8 Å². The van der Waals surface area contributed by atoms with Crippen molar-refractivity contribution in [3.63, 3.8) is 0 Å².